The van der Waals surface area contributed by atoms with Gasteiger partial charge in [-0.05, 0) is 26.1 Å². The maximum Gasteiger partial charge on any atom is 0.111 e. The lowest BCUT2D eigenvalue weighted by Crippen LogP contribution is -2.21. The minimum Gasteiger partial charge on any atom is -0.328 e. The van der Waals surface area contributed by atoms with Gasteiger partial charge in [0, 0.05) is 13.0 Å². The minimum absolute atomic E-state index is 0.107. The van der Waals surface area contributed by atoms with Crippen molar-refractivity contribution in [3.05, 3.63) is 42.0 Å². The Hall–Kier alpha value is -2.21. The summed E-state index contributed by atoms with van der Waals surface area (Å²) in [7, 11) is 1.93. The fourth-order valence-electron chi connectivity index (χ4n) is 2.55. The number of nitrogens with one attached hydrogen (secondary N) is 2. The van der Waals surface area contributed by atoms with Gasteiger partial charge in [0.15, 0.2) is 0 Å². The highest BCUT2D eigenvalue weighted by Gasteiger charge is 2.17. The number of hydrogen-bond acceptors (Lipinski definition) is 4. The van der Waals surface area contributed by atoms with Gasteiger partial charge in [-0.3, -0.25) is 0 Å². The fourth-order valence-corrected chi connectivity index (χ4v) is 2.55. The summed E-state index contributed by atoms with van der Waals surface area (Å²) in [5.74, 6) is 1.07. The van der Waals surface area contributed by atoms with Gasteiger partial charge in [0.25, 0.3) is 0 Å². The standard InChI is InChI=1S/C14H18N6/c1-3-20-13-7-5-4-6-10(13)17-14(20)8-11(15-2)12-9-16-19-18-12/h4-7,9,11,15H,3,8H2,1-2H3,(H,16,18,19). The Morgan fingerprint density at radius 2 is 2.20 bits per heavy atom. The molecule has 0 aliphatic rings. The van der Waals surface area contributed by atoms with Crippen LogP contribution < -0.4 is 5.32 Å². The average Bonchev–Trinajstić information content (AvgIpc) is 3.11. The summed E-state index contributed by atoms with van der Waals surface area (Å²) in [5, 5.41) is 14.0. The van der Waals surface area contributed by atoms with Gasteiger partial charge >= 0.3 is 0 Å². The molecular weight excluding hydrogens is 252 g/mol. The van der Waals surface area contributed by atoms with E-state index < -0.39 is 0 Å². The van der Waals surface area contributed by atoms with Gasteiger partial charge < -0.3 is 9.88 Å². The van der Waals surface area contributed by atoms with E-state index in [1.54, 1.807) is 6.20 Å². The Morgan fingerprint density at radius 3 is 2.90 bits per heavy atom. The van der Waals surface area contributed by atoms with Crippen LogP contribution in [-0.2, 0) is 13.0 Å². The molecule has 104 valence electrons. The quantitative estimate of drug-likeness (QED) is 0.740. The lowest BCUT2D eigenvalue weighted by Gasteiger charge is -2.13. The van der Waals surface area contributed by atoms with Crippen LogP contribution in [0, 0.1) is 0 Å². The topological polar surface area (TPSA) is 71.4 Å². The molecule has 0 spiro atoms. The number of aromatic amines is 1. The number of H-pyrrole nitrogens is 1. The number of benzene rings is 1. The molecule has 3 aromatic rings. The van der Waals surface area contributed by atoms with Crippen LogP contribution in [0.5, 0.6) is 0 Å². The molecule has 2 N–H and O–H groups in total. The van der Waals surface area contributed by atoms with Crippen LogP contribution in [0.15, 0.2) is 30.5 Å². The van der Waals surface area contributed by atoms with E-state index in [0.717, 1.165) is 30.0 Å². The van der Waals surface area contributed by atoms with Crippen molar-refractivity contribution in [3.63, 3.8) is 0 Å². The number of para-hydroxylation sites is 2. The maximum atomic E-state index is 4.75. The number of imidazole rings is 1. The summed E-state index contributed by atoms with van der Waals surface area (Å²) in [4.78, 5) is 4.75. The summed E-state index contributed by atoms with van der Waals surface area (Å²) in [6, 6.07) is 8.34. The number of rotatable bonds is 5. The van der Waals surface area contributed by atoms with Crippen molar-refractivity contribution in [1.82, 2.24) is 30.3 Å². The minimum atomic E-state index is 0.107. The molecule has 0 amide bonds. The zero-order valence-electron chi connectivity index (χ0n) is 11.7. The molecule has 2 aromatic heterocycles. The Bertz CT molecular complexity index is 685. The Balaban J connectivity index is 1.97. The molecule has 0 aliphatic heterocycles. The first kappa shape index (κ1) is 12.8. The Morgan fingerprint density at radius 1 is 1.35 bits per heavy atom. The monoisotopic (exact) mass is 270 g/mol. The molecule has 0 saturated carbocycles. The van der Waals surface area contributed by atoms with Crippen LogP contribution in [0.25, 0.3) is 11.0 Å². The number of fused-ring (bicyclic) bond motifs is 1. The van der Waals surface area contributed by atoms with Crippen molar-refractivity contribution in [1.29, 1.82) is 0 Å². The SMILES string of the molecule is CCn1c(CC(NC)c2cn[nH]n2)nc2ccccc21. The smallest absolute Gasteiger partial charge is 0.111 e. The van der Waals surface area contributed by atoms with Crippen molar-refractivity contribution in [2.75, 3.05) is 7.05 Å². The molecule has 0 radical (unpaired) electrons. The summed E-state index contributed by atoms with van der Waals surface area (Å²) in [5.41, 5.74) is 3.13. The highest BCUT2D eigenvalue weighted by atomic mass is 15.3. The molecule has 1 atom stereocenters. The molecule has 20 heavy (non-hydrogen) atoms. The van der Waals surface area contributed by atoms with Gasteiger partial charge in [-0.15, -0.1) is 0 Å². The predicted octanol–water partition coefficient (Wildman–Crippen LogP) is 1.68. The average molecular weight is 270 g/mol. The van der Waals surface area contributed by atoms with Gasteiger partial charge in [0.2, 0.25) is 0 Å². The predicted molar refractivity (Wildman–Crippen MR) is 77.3 cm³/mol. The zero-order valence-corrected chi connectivity index (χ0v) is 11.7. The van der Waals surface area contributed by atoms with Gasteiger partial charge in [-0.2, -0.15) is 15.4 Å². The summed E-state index contributed by atoms with van der Waals surface area (Å²) < 4.78 is 2.25. The first-order valence-electron chi connectivity index (χ1n) is 6.80. The Labute approximate surface area is 117 Å². The molecule has 6 nitrogen and oxygen atoms in total. The van der Waals surface area contributed by atoms with Gasteiger partial charge in [-0.25, -0.2) is 4.98 Å². The second kappa shape index (κ2) is 5.42. The second-order valence-electron chi connectivity index (χ2n) is 4.70. The van der Waals surface area contributed by atoms with Crippen molar-refractivity contribution < 1.29 is 0 Å². The number of hydrogen-bond donors (Lipinski definition) is 2. The zero-order chi connectivity index (χ0) is 13.9. The van der Waals surface area contributed by atoms with E-state index in [1.165, 1.54) is 5.52 Å². The van der Waals surface area contributed by atoms with Crippen molar-refractivity contribution >= 4 is 11.0 Å². The molecule has 0 fully saturated rings. The third kappa shape index (κ3) is 2.18. The maximum absolute atomic E-state index is 4.75. The molecule has 2 heterocycles. The van der Waals surface area contributed by atoms with Crippen molar-refractivity contribution in [3.8, 4) is 0 Å². The van der Waals surface area contributed by atoms with Crippen molar-refractivity contribution in [2.24, 2.45) is 0 Å². The van der Waals surface area contributed by atoms with E-state index in [2.05, 4.69) is 44.4 Å². The molecule has 3 rings (SSSR count). The molecule has 6 heteroatoms. The second-order valence-corrected chi connectivity index (χ2v) is 4.70. The molecule has 1 aromatic carbocycles. The number of likely N-dealkylation sites (N-methyl/N-ethyl adjacent to an activating group) is 1. The van der Waals surface area contributed by atoms with E-state index in [1.807, 2.05) is 19.2 Å². The normalized spacial score (nSPS) is 12.9. The number of aromatic nitrogens is 5. The summed E-state index contributed by atoms with van der Waals surface area (Å²) >= 11 is 0. The number of aryl methyl sites for hydroxylation is 1. The van der Waals surface area contributed by atoms with Gasteiger partial charge in [-0.1, -0.05) is 12.1 Å². The van der Waals surface area contributed by atoms with Crippen LogP contribution in [0.1, 0.15) is 24.5 Å². The van der Waals surface area contributed by atoms with E-state index >= 15 is 0 Å². The van der Waals surface area contributed by atoms with Crippen LogP contribution in [-0.4, -0.2) is 32.0 Å². The van der Waals surface area contributed by atoms with Crippen molar-refractivity contribution in [2.45, 2.75) is 25.9 Å². The summed E-state index contributed by atoms with van der Waals surface area (Å²) in [6.45, 7) is 3.05. The molecule has 1 unspecified atom stereocenters. The molecule has 0 aliphatic carbocycles. The highest BCUT2D eigenvalue weighted by Crippen LogP contribution is 2.20. The molecule has 0 bridgehead atoms. The Kier molecular flexibility index (Phi) is 3.47. The first-order valence-corrected chi connectivity index (χ1v) is 6.80. The van der Waals surface area contributed by atoms with E-state index in [9.17, 15) is 0 Å². The lowest BCUT2D eigenvalue weighted by molar-refractivity contribution is 0.543. The molecular formula is C14H18N6. The van der Waals surface area contributed by atoms with Crippen LogP contribution in [0.3, 0.4) is 0 Å². The highest BCUT2D eigenvalue weighted by molar-refractivity contribution is 5.75. The van der Waals surface area contributed by atoms with Gasteiger partial charge in [0.1, 0.15) is 5.82 Å². The van der Waals surface area contributed by atoms with E-state index in [4.69, 9.17) is 4.98 Å². The van der Waals surface area contributed by atoms with E-state index in [-0.39, 0.29) is 6.04 Å². The fraction of sp³-hybridized carbons (Fsp3) is 0.357. The van der Waals surface area contributed by atoms with Gasteiger partial charge in [0.05, 0.1) is 29.0 Å². The molecule has 0 saturated heterocycles. The van der Waals surface area contributed by atoms with Crippen LogP contribution in [0.2, 0.25) is 0 Å². The third-order valence-corrected chi connectivity index (χ3v) is 3.58. The lowest BCUT2D eigenvalue weighted by atomic mass is 10.1. The third-order valence-electron chi connectivity index (χ3n) is 3.58. The van der Waals surface area contributed by atoms with E-state index in [0.29, 0.717) is 0 Å². The summed E-state index contributed by atoms with van der Waals surface area (Å²) in [6.07, 6.45) is 2.53. The van der Waals surface area contributed by atoms with Crippen LogP contribution in [0.4, 0.5) is 0 Å². The van der Waals surface area contributed by atoms with Crippen LogP contribution >= 0.6 is 0 Å². The number of nitrogens with zero attached hydrogens (tertiary/aromatic N) is 4. The first-order chi connectivity index (χ1) is 9.83. The largest absolute Gasteiger partial charge is 0.328 e.